The summed E-state index contributed by atoms with van der Waals surface area (Å²) < 4.78 is 52.4. The van der Waals surface area contributed by atoms with Crippen LogP contribution >= 0.6 is 0 Å². The molecule has 2 aromatic carbocycles. The molecule has 0 aliphatic carbocycles. The molecule has 1 N–H and O–H groups in total. The molecule has 0 aliphatic rings. The monoisotopic (exact) mass is 300 g/mol. The number of hydrogen-bond donors (Lipinski definition) is 1. The molecule has 0 aromatic heterocycles. The van der Waals surface area contributed by atoms with Crippen molar-refractivity contribution in [3.05, 3.63) is 69.3 Å². The highest BCUT2D eigenvalue weighted by Crippen LogP contribution is 2.22. The van der Waals surface area contributed by atoms with E-state index in [1.807, 2.05) is 0 Å². The summed E-state index contributed by atoms with van der Waals surface area (Å²) in [6, 6.07) is 4.10. The van der Waals surface area contributed by atoms with E-state index in [4.69, 9.17) is 0 Å². The Kier molecular flexibility index (Phi) is 4.06. The molecule has 4 nitrogen and oxygen atoms in total. The Hall–Kier alpha value is -2.64. The Labute approximate surface area is 116 Å². The molecule has 0 saturated carbocycles. The number of hydrogen-bond acceptors (Lipinski definition) is 3. The summed E-state index contributed by atoms with van der Waals surface area (Å²) >= 11 is 0. The fourth-order valence-corrected chi connectivity index (χ4v) is 1.66. The number of anilines is 1. The van der Waals surface area contributed by atoms with E-state index in [0.717, 1.165) is 18.2 Å². The maximum Gasteiger partial charge on any atom is 0.305 e. The highest BCUT2D eigenvalue weighted by molar-refractivity contribution is 5.45. The van der Waals surface area contributed by atoms with Gasteiger partial charge in [0.1, 0.15) is 5.82 Å². The molecule has 8 heteroatoms. The lowest BCUT2D eigenvalue weighted by Crippen LogP contribution is -2.05. The molecule has 0 atom stereocenters. The molecule has 110 valence electrons. The van der Waals surface area contributed by atoms with Crippen LogP contribution < -0.4 is 5.32 Å². The van der Waals surface area contributed by atoms with Crippen molar-refractivity contribution >= 4 is 11.4 Å². The van der Waals surface area contributed by atoms with Crippen molar-refractivity contribution < 1.29 is 22.5 Å². The fraction of sp³-hybridized carbons (Fsp3) is 0.0769. The SMILES string of the molecule is O=[N+]([O-])c1cc(CNc2ccc(F)c(F)c2)c(F)cc1F. The molecule has 2 aromatic rings. The second kappa shape index (κ2) is 5.78. The van der Waals surface area contributed by atoms with Crippen LogP contribution in [0, 0.1) is 33.4 Å². The van der Waals surface area contributed by atoms with Crippen LogP contribution in [0.4, 0.5) is 28.9 Å². The Balaban J connectivity index is 2.21. The van der Waals surface area contributed by atoms with Gasteiger partial charge in [0.2, 0.25) is 5.82 Å². The van der Waals surface area contributed by atoms with E-state index in [0.29, 0.717) is 6.07 Å². The first-order valence-electron chi connectivity index (χ1n) is 5.69. The van der Waals surface area contributed by atoms with Crippen molar-refractivity contribution in [1.29, 1.82) is 0 Å². The van der Waals surface area contributed by atoms with Gasteiger partial charge in [0.05, 0.1) is 4.92 Å². The average Bonchev–Trinajstić information content (AvgIpc) is 2.41. The van der Waals surface area contributed by atoms with E-state index in [-0.39, 0.29) is 17.8 Å². The predicted molar refractivity (Wildman–Crippen MR) is 66.7 cm³/mol. The quantitative estimate of drug-likeness (QED) is 0.531. The average molecular weight is 300 g/mol. The van der Waals surface area contributed by atoms with Gasteiger partial charge in [-0.25, -0.2) is 13.2 Å². The molecule has 2 rings (SSSR count). The summed E-state index contributed by atoms with van der Waals surface area (Å²) in [4.78, 5) is 9.60. The standard InChI is InChI=1S/C13H8F4N2O2/c14-9-2-1-8(4-11(9)16)18-6-7-3-13(19(20)21)12(17)5-10(7)15/h1-5,18H,6H2. The van der Waals surface area contributed by atoms with Crippen molar-refractivity contribution in [3.63, 3.8) is 0 Å². The minimum Gasteiger partial charge on any atom is -0.381 e. The van der Waals surface area contributed by atoms with Crippen molar-refractivity contribution in [2.24, 2.45) is 0 Å². The van der Waals surface area contributed by atoms with Crippen molar-refractivity contribution in [3.8, 4) is 0 Å². The first-order valence-corrected chi connectivity index (χ1v) is 5.69. The summed E-state index contributed by atoms with van der Waals surface area (Å²) in [6.07, 6.45) is 0. The highest BCUT2D eigenvalue weighted by Gasteiger charge is 2.18. The summed E-state index contributed by atoms with van der Waals surface area (Å²) in [7, 11) is 0. The number of nitro groups is 1. The zero-order valence-electron chi connectivity index (χ0n) is 10.4. The number of rotatable bonds is 4. The summed E-state index contributed by atoms with van der Waals surface area (Å²) in [6.45, 7) is -0.252. The Morgan fingerprint density at radius 3 is 2.29 bits per heavy atom. The zero-order valence-corrected chi connectivity index (χ0v) is 10.4. The minimum atomic E-state index is -1.28. The molecule has 0 radical (unpaired) electrons. The maximum atomic E-state index is 13.5. The van der Waals surface area contributed by atoms with Crippen LogP contribution in [0.15, 0.2) is 30.3 Å². The van der Waals surface area contributed by atoms with Gasteiger partial charge < -0.3 is 5.32 Å². The van der Waals surface area contributed by atoms with Gasteiger partial charge in [0.25, 0.3) is 0 Å². The van der Waals surface area contributed by atoms with Crippen LogP contribution in [0.1, 0.15) is 5.56 Å². The molecule has 0 aliphatic heterocycles. The van der Waals surface area contributed by atoms with Gasteiger partial charge in [-0.05, 0) is 12.1 Å². The van der Waals surface area contributed by atoms with Crippen LogP contribution in [0.5, 0.6) is 0 Å². The second-order valence-electron chi connectivity index (χ2n) is 4.13. The number of halogens is 4. The highest BCUT2D eigenvalue weighted by atomic mass is 19.2. The Bertz CT molecular complexity index is 707. The minimum absolute atomic E-state index is 0.153. The predicted octanol–water partition coefficient (Wildman–Crippen LogP) is 3.76. The lowest BCUT2D eigenvalue weighted by Gasteiger charge is -2.08. The third-order valence-electron chi connectivity index (χ3n) is 2.72. The zero-order chi connectivity index (χ0) is 15.6. The normalized spacial score (nSPS) is 10.5. The molecule has 0 spiro atoms. The van der Waals surface area contributed by atoms with E-state index < -0.39 is 33.9 Å². The molecule has 21 heavy (non-hydrogen) atoms. The first-order chi connectivity index (χ1) is 9.88. The van der Waals surface area contributed by atoms with Gasteiger partial charge in [-0.1, -0.05) is 0 Å². The number of nitrogens with zero attached hydrogens (tertiary/aromatic N) is 1. The molecule has 0 heterocycles. The lowest BCUT2D eigenvalue weighted by atomic mass is 10.1. The molecular weight excluding hydrogens is 292 g/mol. The van der Waals surface area contributed by atoms with E-state index >= 15 is 0 Å². The van der Waals surface area contributed by atoms with E-state index in [9.17, 15) is 27.7 Å². The Morgan fingerprint density at radius 1 is 0.952 bits per heavy atom. The number of benzene rings is 2. The van der Waals surface area contributed by atoms with Gasteiger partial charge in [-0.2, -0.15) is 4.39 Å². The maximum absolute atomic E-state index is 13.5. The Morgan fingerprint density at radius 2 is 1.67 bits per heavy atom. The van der Waals surface area contributed by atoms with Crippen LogP contribution in [-0.4, -0.2) is 4.92 Å². The first kappa shape index (κ1) is 14.8. The van der Waals surface area contributed by atoms with E-state index in [1.165, 1.54) is 6.07 Å². The van der Waals surface area contributed by atoms with Crippen molar-refractivity contribution in [1.82, 2.24) is 0 Å². The fourth-order valence-electron chi connectivity index (χ4n) is 1.66. The third-order valence-corrected chi connectivity index (χ3v) is 2.72. The van der Waals surface area contributed by atoms with Gasteiger partial charge in [-0.15, -0.1) is 0 Å². The van der Waals surface area contributed by atoms with Crippen molar-refractivity contribution in [2.75, 3.05) is 5.32 Å². The van der Waals surface area contributed by atoms with E-state index in [1.54, 1.807) is 0 Å². The molecule has 0 amide bonds. The van der Waals surface area contributed by atoms with Crippen LogP contribution in [0.2, 0.25) is 0 Å². The summed E-state index contributed by atoms with van der Waals surface area (Å²) in [5.41, 5.74) is -0.883. The van der Waals surface area contributed by atoms with Crippen LogP contribution in [0.25, 0.3) is 0 Å². The second-order valence-corrected chi connectivity index (χ2v) is 4.13. The molecule has 0 saturated heterocycles. The van der Waals surface area contributed by atoms with Crippen LogP contribution in [-0.2, 0) is 6.54 Å². The number of nitro benzene ring substituents is 1. The summed E-state index contributed by atoms with van der Waals surface area (Å²) in [5.74, 6) is -4.39. The summed E-state index contributed by atoms with van der Waals surface area (Å²) in [5, 5.41) is 13.1. The van der Waals surface area contributed by atoms with Gasteiger partial charge in [0.15, 0.2) is 11.6 Å². The van der Waals surface area contributed by atoms with Crippen molar-refractivity contribution in [2.45, 2.75) is 6.54 Å². The third kappa shape index (κ3) is 3.28. The molecule has 0 unspecified atom stereocenters. The molecule has 0 bridgehead atoms. The molecular formula is C13H8F4N2O2. The van der Waals surface area contributed by atoms with Gasteiger partial charge >= 0.3 is 5.69 Å². The smallest absolute Gasteiger partial charge is 0.305 e. The van der Waals surface area contributed by atoms with Crippen LogP contribution in [0.3, 0.4) is 0 Å². The molecule has 0 fully saturated rings. The number of nitrogens with one attached hydrogen (secondary N) is 1. The van der Waals surface area contributed by atoms with Gasteiger partial charge in [-0.3, -0.25) is 10.1 Å². The lowest BCUT2D eigenvalue weighted by molar-refractivity contribution is -0.387. The van der Waals surface area contributed by atoms with E-state index in [2.05, 4.69) is 5.32 Å². The van der Waals surface area contributed by atoms with Gasteiger partial charge in [0, 0.05) is 36.0 Å². The topological polar surface area (TPSA) is 55.2 Å². The largest absolute Gasteiger partial charge is 0.381 e.